The summed E-state index contributed by atoms with van der Waals surface area (Å²) in [5.74, 6) is 0.485. The molecule has 2 atom stereocenters. The molecular weight excluding hydrogens is 212 g/mol. The van der Waals surface area contributed by atoms with E-state index >= 15 is 0 Å². The molecule has 2 N–H and O–H groups in total. The Morgan fingerprint density at radius 2 is 2.06 bits per heavy atom. The fourth-order valence-electron chi connectivity index (χ4n) is 2.28. The highest BCUT2D eigenvalue weighted by atomic mass is 16.5. The van der Waals surface area contributed by atoms with Crippen molar-refractivity contribution in [2.45, 2.75) is 19.5 Å². The molecule has 0 bridgehead atoms. The van der Waals surface area contributed by atoms with Gasteiger partial charge >= 0.3 is 0 Å². The van der Waals surface area contributed by atoms with Gasteiger partial charge in [-0.05, 0) is 12.1 Å². The van der Waals surface area contributed by atoms with Crippen LogP contribution in [0.1, 0.15) is 12.5 Å². The third kappa shape index (κ3) is 3.53. The maximum atomic E-state index is 6.02. The molecule has 0 amide bonds. The third-order valence-electron chi connectivity index (χ3n) is 3.44. The molecule has 2 unspecified atom stereocenters. The Hall–Kier alpha value is -0.900. The zero-order valence-electron chi connectivity index (χ0n) is 10.5. The summed E-state index contributed by atoms with van der Waals surface area (Å²) in [4.78, 5) is 2.44. The Bertz CT molecular complexity index is 328. The molecule has 2 rings (SSSR count). The van der Waals surface area contributed by atoms with Gasteiger partial charge in [-0.1, -0.05) is 37.3 Å². The van der Waals surface area contributed by atoms with Gasteiger partial charge in [-0.2, -0.15) is 0 Å². The van der Waals surface area contributed by atoms with Gasteiger partial charge in [0, 0.05) is 25.0 Å². The minimum absolute atomic E-state index is 0.208. The fraction of sp³-hybridized carbons (Fsp3) is 0.571. The smallest absolute Gasteiger partial charge is 0.0621 e. The number of nitrogens with two attached hydrogens (primary N) is 1. The standard InChI is InChI=1S/C14H22N2O/c1-2-16(8-12-6-4-3-5-7-12)9-13-10-17-11-14(13)15/h3-7,13-14H,2,8-11,15H2,1H3. The van der Waals surface area contributed by atoms with E-state index in [1.807, 2.05) is 0 Å². The highest BCUT2D eigenvalue weighted by Gasteiger charge is 2.26. The van der Waals surface area contributed by atoms with E-state index in [2.05, 4.69) is 42.2 Å². The quantitative estimate of drug-likeness (QED) is 0.838. The summed E-state index contributed by atoms with van der Waals surface area (Å²) in [7, 11) is 0. The molecular formula is C14H22N2O. The summed E-state index contributed by atoms with van der Waals surface area (Å²) in [5, 5.41) is 0. The van der Waals surface area contributed by atoms with Gasteiger partial charge in [-0.3, -0.25) is 4.90 Å². The van der Waals surface area contributed by atoms with Crippen LogP contribution in [0.15, 0.2) is 30.3 Å². The minimum Gasteiger partial charge on any atom is -0.379 e. The first-order valence-corrected chi connectivity index (χ1v) is 6.39. The van der Waals surface area contributed by atoms with Crippen molar-refractivity contribution in [1.82, 2.24) is 4.90 Å². The molecule has 3 nitrogen and oxygen atoms in total. The van der Waals surface area contributed by atoms with Gasteiger partial charge < -0.3 is 10.5 Å². The van der Waals surface area contributed by atoms with Crippen molar-refractivity contribution in [1.29, 1.82) is 0 Å². The lowest BCUT2D eigenvalue weighted by atomic mass is 10.0. The molecule has 1 aliphatic rings. The Morgan fingerprint density at radius 1 is 1.29 bits per heavy atom. The van der Waals surface area contributed by atoms with Crippen LogP contribution in [-0.4, -0.2) is 37.2 Å². The average molecular weight is 234 g/mol. The molecule has 17 heavy (non-hydrogen) atoms. The maximum Gasteiger partial charge on any atom is 0.0621 e. The van der Waals surface area contributed by atoms with Crippen molar-refractivity contribution in [2.75, 3.05) is 26.3 Å². The maximum absolute atomic E-state index is 6.02. The highest BCUT2D eigenvalue weighted by molar-refractivity contribution is 5.14. The first-order valence-electron chi connectivity index (χ1n) is 6.39. The van der Waals surface area contributed by atoms with E-state index < -0.39 is 0 Å². The van der Waals surface area contributed by atoms with Crippen molar-refractivity contribution in [3.63, 3.8) is 0 Å². The largest absolute Gasteiger partial charge is 0.379 e. The van der Waals surface area contributed by atoms with Crippen LogP contribution in [-0.2, 0) is 11.3 Å². The lowest BCUT2D eigenvalue weighted by Crippen LogP contribution is -2.38. The van der Waals surface area contributed by atoms with Gasteiger partial charge in [0.1, 0.15) is 0 Å². The topological polar surface area (TPSA) is 38.5 Å². The molecule has 1 aromatic carbocycles. The molecule has 1 heterocycles. The predicted molar refractivity (Wildman–Crippen MR) is 69.7 cm³/mol. The van der Waals surface area contributed by atoms with E-state index in [4.69, 9.17) is 10.5 Å². The Morgan fingerprint density at radius 3 is 2.65 bits per heavy atom. The van der Waals surface area contributed by atoms with E-state index in [0.29, 0.717) is 12.5 Å². The Labute approximate surface area is 104 Å². The zero-order valence-corrected chi connectivity index (χ0v) is 10.5. The lowest BCUT2D eigenvalue weighted by Gasteiger charge is -2.25. The number of rotatable bonds is 5. The summed E-state index contributed by atoms with van der Waals surface area (Å²) in [6.45, 7) is 6.82. The molecule has 0 aliphatic carbocycles. The second kappa shape index (κ2) is 6.15. The summed E-state index contributed by atoms with van der Waals surface area (Å²) in [5.41, 5.74) is 7.39. The van der Waals surface area contributed by atoms with Crippen LogP contribution in [0.2, 0.25) is 0 Å². The number of ether oxygens (including phenoxy) is 1. The molecule has 0 saturated carbocycles. The van der Waals surface area contributed by atoms with Crippen LogP contribution in [0.4, 0.5) is 0 Å². The number of nitrogens with zero attached hydrogens (tertiary/aromatic N) is 1. The molecule has 0 radical (unpaired) electrons. The van der Waals surface area contributed by atoms with Gasteiger partial charge in [0.25, 0.3) is 0 Å². The van der Waals surface area contributed by atoms with Crippen LogP contribution in [0.5, 0.6) is 0 Å². The minimum atomic E-state index is 0.208. The zero-order chi connectivity index (χ0) is 12.1. The van der Waals surface area contributed by atoms with E-state index in [1.54, 1.807) is 0 Å². The number of benzene rings is 1. The Kier molecular flexibility index (Phi) is 4.54. The monoisotopic (exact) mass is 234 g/mol. The molecule has 1 aromatic rings. The normalized spacial score (nSPS) is 24.4. The van der Waals surface area contributed by atoms with E-state index in [-0.39, 0.29) is 6.04 Å². The van der Waals surface area contributed by atoms with Gasteiger partial charge in [-0.25, -0.2) is 0 Å². The fourth-order valence-corrected chi connectivity index (χ4v) is 2.28. The Balaban J connectivity index is 1.88. The molecule has 0 aromatic heterocycles. The first-order chi connectivity index (χ1) is 8.29. The summed E-state index contributed by atoms with van der Waals surface area (Å²) in [6, 6.07) is 10.8. The van der Waals surface area contributed by atoms with Crippen LogP contribution in [0.3, 0.4) is 0 Å². The molecule has 0 spiro atoms. The van der Waals surface area contributed by atoms with Gasteiger partial charge in [0.2, 0.25) is 0 Å². The van der Waals surface area contributed by atoms with Gasteiger partial charge in [-0.15, -0.1) is 0 Å². The predicted octanol–water partition coefficient (Wildman–Crippen LogP) is 1.48. The van der Waals surface area contributed by atoms with Crippen molar-refractivity contribution >= 4 is 0 Å². The molecule has 1 aliphatic heterocycles. The van der Waals surface area contributed by atoms with Gasteiger partial charge in [0.15, 0.2) is 0 Å². The number of hydrogen-bond donors (Lipinski definition) is 1. The summed E-state index contributed by atoms with van der Waals surface area (Å²) < 4.78 is 5.41. The number of hydrogen-bond acceptors (Lipinski definition) is 3. The molecule has 1 fully saturated rings. The molecule has 1 saturated heterocycles. The van der Waals surface area contributed by atoms with E-state index in [1.165, 1.54) is 5.56 Å². The lowest BCUT2D eigenvalue weighted by molar-refractivity contribution is 0.167. The third-order valence-corrected chi connectivity index (χ3v) is 3.44. The molecule has 3 heteroatoms. The second-order valence-corrected chi connectivity index (χ2v) is 4.77. The van der Waals surface area contributed by atoms with Crippen molar-refractivity contribution in [3.05, 3.63) is 35.9 Å². The first kappa shape index (κ1) is 12.6. The highest BCUT2D eigenvalue weighted by Crippen LogP contribution is 2.15. The van der Waals surface area contributed by atoms with Crippen LogP contribution < -0.4 is 5.73 Å². The van der Waals surface area contributed by atoms with Crippen molar-refractivity contribution in [2.24, 2.45) is 11.7 Å². The molecule has 94 valence electrons. The van der Waals surface area contributed by atoms with Crippen molar-refractivity contribution < 1.29 is 4.74 Å². The SMILES string of the molecule is CCN(Cc1ccccc1)CC1COCC1N. The van der Waals surface area contributed by atoms with Crippen LogP contribution >= 0.6 is 0 Å². The van der Waals surface area contributed by atoms with Crippen LogP contribution in [0.25, 0.3) is 0 Å². The van der Waals surface area contributed by atoms with E-state index in [9.17, 15) is 0 Å². The summed E-state index contributed by atoms with van der Waals surface area (Å²) in [6.07, 6.45) is 0. The summed E-state index contributed by atoms with van der Waals surface area (Å²) >= 11 is 0. The van der Waals surface area contributed by atoms with Gasteiger partial charge in [0.05, 0.1) is 13.2 Å². The second-order valence-electron chi connectivity index (χ2n) is 4.77. The van der Waals surface area contributed by atoms with Crippen molar-refractivity contribution in [3.8, 4) is 0 Å². The average Bonchev–Trinajstić information content (AvgIpc) is 2.75. The van der Waals surface area contributed by atoms with E-state index in [0.717, 1.165) is 26.2 Å². The van der Waals surface area contributed by atoms with Crippen LogP contribution in [0, 0.1) is 5.92 Å².